The Kier molecular flexibility index (Phi) is 4.19. The molecule has 0 radical (unpaired) electrons. The molecule has 7 heteroatoms. The predicted molar refractivity (Wildman–Crippen MR) is 110 cm³/mol. The van der Waals surface area contributed by atoms with Crippen LogP contribution >= 0.6 is 11.3 Å². The lowest BCUT2D eigenvalue weighted by molar-refractivity contribution is 0.569. The van der Waals surface area contributed by atoms with E-state index in [1.54, 1.807) is 6.08 Å². The minimum absolute atomic E-state index is 0.0908. The molecule has 0 amide bonds. The van der Waals surface area contributed by atoms with E-state index in [0.29, 0.717) is 11.2 Å². The molecule has 0 saturated carbocycles. The number of hydrogen-bond donors (Lipinski definition) is 0. The Bertz CT molecular complexity index is 1090. The molecule has 3 aromatic heterocycles. The molecule has 1 fully saturated rings. The predicted octanol–water partition coefficient (Wildman–Crippen LogP) is 3.46. The lowest BCUT2D eigenvalue weighted by Gasteiger charge is -2.31. The lowest BCUT2D eigenvalue weighted by Crippen LogP contribution is -2.31. The van der Waals surface area contributed by atoms with Crippen molar-refractivity contribution in [1.82, 2.24) is 20.0 Å². The molecule has 140 valence electrons. The first kappa shape index (κ1) is 16.9. The Hall–Kier alpha value is -2.28. The van der Waals surface area contributed by atoms with E-state index in [4.69, 9.17) is 4.98 Å². The molecular weight excluding hydrogens is 358 g/mol. The molecule has 0 bridgehead atoms. The summed E-state index contributed by atoms with van der Waals surface area (Å²) in [7, 11) is 0. The SMILES string of the molecule is C=CCn1nnc2c(sc3nc(N4CCCCC4)c4c(c32)CCCC4)c1=O. The quantitative estimate of drug-likeness (QED) is 0.650. The van der Waals surface area contributed by atoms with E-state index < -0.39 is 0 Å². The van der Waals surface area contributed by atoms with Crippen LogP contribution in [0, 0.1) is 0 Å². The summed E-state index contributed by atoms with van der Waals surface area (Å²) in [4.78, 5) is 21.3. The number of hydrogen-bond acceptors (Lipinski definition) is 6. The number of fused-ring (bicyclic) bond motifs is 5. The molecular formula is C20H23N5OS. The van der Waals surface area contributed by atoms with Gasteiger partial charge in [-0.2, -0.15) is 0 Å². The maximum absolute atomic E-state index is 12.8. The summed E-state index contributed by atoms with van der Waals surface area (Å²) in [5, 5.41) is 9.62. The van der Waals surface area contributed by atoms with Gasteiger partial charge in [0.15, 0.2) is 0 Å². The summed E-state index contributed by atoms with van der Waals surface area (Å²) in [6.45, 7) is 6.24. The second kappa shape index (κ2) is 6.71. The van der Waals surface area contributed by atoms with Crippen molar-refractivity contribution in [3.05, 3.63) is 34.1 Å². The number of rotatable bonds is 3. The number of nitrogens with zero attached hydrogens (tertiary/aromatic N) is 5. The van der Waals surface area contributed by atoms with E-state index in [1.165, 1.54) is 59.2 Å². The van der Waals surface area contributed by atoms with Crippen LogP contribution in [0.3, 0.4) is 0 Å². The number of anilines is 1. The molecule has 0 unspecified atom stereocenters. The van der Waals surface area contributed by atoms with E-state index >= 15 is 0 Å². The zero-order chi connectivity index (χ0) is 18.4. The highest BCUT2D eigenvalue weighted by molar-refractivity contribution is 7.25. The van der Waals surface area contributed by atoms with Gasteiger partial charge in [0.1, 0.15) is 20.9 Å². The van der Waals surface area contributed by atoms with Crippen molar-refractivity contribution in [2.75, 3.05) is 18.0 Å². The van der Waals surface area contributed by atoms with E-state index in [0.717, 1.165) is 47.5 Å². The summed E-state index contributed by atoms with van der Waals surface area (Å²) >= 11 is 1.47. The third-order valence-electron chi connectivity index (χ3n) is 5.75. The molecule has 0 spiro atoms. The topological polar surface area (TPSA) is 63.9 Å². The van der Waals surface area contributed by atoms with Gasteiger partial charge in [-0.25, -0.2) is 9.67 Å². The maximum Gasteiger partial charge on any atom is 0.288 e. The average molecular weight is 382 g/mol. The number of piperidine rings is 1. The van der Waals surface area contributed by atoms with Crippen molar-refractivity contribution in [2.24, 2.45) is 0 Å². The third kappa shape index (κ3) is 2.67. The van der Waals surface area contributed by atoms with E-state index in [-0.39, 0.29) is 5.56 Å². The zero-order valence-electron chi connectivity index (χ0n) is 15.4. The summed E-state index contributed by atoms with van der Waals surface area (Å²) in [5.74, 6) is 1.16. The minimum atomic E-state index is -0.0908. The smallest absolute Gasteiger partial charge is 0.288 e. The summed E-state index contributed by atoms with van der Waals surface area (Å²) in [6.07, 6.45) is 9.95. The molecule has 1 aliphatic carbocycles. The second-order valence-electron chi connectivity index (χ2n) is 7.47. The first-order valence-electron chi connectivity index (χ1n) is 9.85. The van der Waals surface area contributed by atoms with Crippen LogP contribution in [0.2, 0.25) is 0 Å². The molecule has 1 saturated heterocycles. The van der Waals surface area contributed by atoms with Gasteiger partial charge < -0.3 is 4.90 Å². The van der Waals surface area contributed by atoms with Gasteiger partial charge >= 0.3 is 0 Å². The number of aromatic nitrogens is 4. The largest absolute Gasteiger partial charge is 0.356 e. The van der Waals surface area contributed by atoms with Gasteiger partial charge in [0.2, 0.25) is 0 Å². The summed E-state index contributed by atoms with van der Waals surface area (Å²) in [5.41, 5.74) is 3.38. The van der Waals surface area contributed by atoms with Gasteiger partial charge in [-0.05, 0) is 56.1 Å². The van der Waals surface area contributed by atoms with Crippen LogP contribution < -0.4 is 10.5 Å². The van der Waals surface area contributed by atoms with E-state index in [1.807, 2.05) is 0 Å². The molecule has 5 rings (SSSR count). The molecule has 4 heterocycles. The summed E-state index contributed by atoms with van der Waals surface area (Å²) in [6, 6.07) is 0. The normalized spacial score (nSPS) is 17.4. The van der Waals surface area contributed by atoms with Gasteiger partial charge in [0.25, 0.3) is 5.56 Å². The maximum atomic E-state index is 12.8. The fourth-order valence-corrected chi connectivity index (χ4v) is 5.54. The van der Waals surface area contributed by atoms with Gasteiger partial charge in [0, 0.05) is 18.5 Å². The van der Waals surface area contributed by atoms with Gasteiger partial charge in [-0.3, -0.25) is 4.79 Å². The third-order valence-corrected chi connectivity index (χ3v) is 6.81. The van der Waals surface area contributed by atoms with Gasteiger partial charge in [-0.1, -0.05) is 11.3 Å². The molecule has 27 heavy (non-hydrogen) atoms. The van der Waals surface area contributed by atoms with Crippen molar-refractivity contribution in [1.29, 1.82) is 0 Å². The first-order chi connectivity index (χ1) is 13.3. The number of pyridine rings is 1. The van der Waals surface area contributed by atoms with E-state index in [2.05, 4.69) is 21.8 Å². The van der Waals surface area contributed by atoms with Crippen LogP contribution in [0.1, 0.15) is 43.2 Å². The highest BCUT2D eigenvalue weighted by atomic mass is 32.1. The lowest BCUT2D eigenvalue weighted by atomic mass is 9.89. The fourth-order valence-electron chi connectivity index (χ4n) is 4.46. The molecule has 1 aliphatic heterocycles. The molecule has 0 aromatic carbocycles. The summed E-state index contributed by atoms with van der Waals surface area (Å²) < 4.78 is 2.04. The molecule has 6 nitrogen and oxygen atoms in total. The van der Waals surface area contributed by atoms with Crippen LogP contribution in [0.15, 0.2) is 17.4 Å². The van der Waals surface area contributed by atoms with Crippen molar-refractivity contribution < 1.29 is 0 Å². The van der Waals surface area contributed by atoms with E-state index in [9.17, 15) is 4.79 Å². The Labute approximate surface area is 161 Å². The molecule has 2 aliphatic rings. The van der Waals surface area contributed by atoms with Crippen molar-refractivity contribution in [3.8, 4) is 0 Å². The van der Waals surface area contributed by atoms with Crippen molar-refractivity contribution in [2.45, 2.75) is 51.5 Å². The Morgan fingerprint density at radius 3 is 2.63 bits per heavy atom. The van der Waals surface area contributed by atoms with Gasteiger partial charge in [0.05, 0.1) is 6.54 Å². The Balaban J connectivity index is 1.79. The average Bonchev–Trinajstić information content (AvgIpc) is 3.10. The highest BCUT2D eigenvalue weighted by Crippen LogP contribution is 2.40. The number of allylic oxidation sites excluding steroid dienone is 1. The Morgan fingerprint density at radius 1 is 1.07 bits per heavy atom. The molecule has 0 atom stereocenters. The number of thiophene rings is 1. The van der Waals surface area contributed by atoms with Crippen LogP contribution in [0.4, 0.5) is 5.82 Å². The highest BCUT2D eigenvalue weighted by Gasteiger charge is 2.26. The van der Waals surface area contributed by atoms with Crippen LogP contribution in [0.25, 0.3) is 20.4 Å². The second-order valence-corrected chi connectivity index (χ2v) is 8.47. The minimum Gasteiger partial charge on any atom is -0.356 e. The van der Waals surface area contributed by atoms with Crippen LogP contribution in [0.5, 0.6) is 0 Å². The Morgan fingerprint density at radius 2 is 1.85 bits per heavy atom. The molecule has 3 aromatic rings. The standard InChI is InChI=1S/C20H23N5OS/c1-2-10-25-20(26)17-16(22-23-25)15-13-8-4-5-9-14(13)18(21-19(15)27-17)24-11-6-3-7-12-24/h2H,1,3-12H2. The fraction of sp³-hybridized carbons (Fsp3) is 0.500. The molecule has 0 N–H and O–H groups in total. The van der Waals surface area contributed by atoms with Gasteiger partial charge in [-0.15, -0.1) is 23.0 Å². The van der Waals surface area contributed by atoms with Crippen LogP contribution in [-0.2, 0) is 19.4 Å². The van der Waals surface area contributed by atoms with Crippen molar-refractivity contribution in [3.63, 3.8) is 0 Å². The number of aryl methyl sites for hydroxylation is 1. The monoisotopic (exact) mass is 381 g/mol. The van der Waals surface area contributed by atoms with Crippen molar-refractivity contribution >= 4 is 37.6 Å². The van der Waals surface area contributed by atoms with Crippen LogP contribution in [-0.4, -0.2) is 33.1 Å². The zero-order valence-corrected chi connectivity index (χ0v) is 16.2. The first-order valence-corrected chi connectivity index (χ1v) is 10.7.